The van der Waals surface area contributed by atoms with E-state index in [2.05, 4.69) is 22.2 Å². The summed E-state index contributed by atoms with van der Waals surface area (Å²) in [5, 5.41) is 3.39. The largest absolute Gasteiger partial charge is 0.395 e. The Morgan fingerprint density at radius 2 is 2.11 bits per heavy atom. The van der Waals surface area contributed by atoms with Crippen LogP contribution in [-0.2, 0) is 0 Å². The predicted molar refractivity (Wildman–Crippen MR) is 80.3 cm³/mol. The highest BCUT2D eigenvalue weighted by molar-refractivity contribution is 7.16. The molecular weight excluding hydrogens is 256 g/mol. The number of nitrogens with zero attached hydrogens (tertiary/aromatic N) is 2. The van der Waals surface area contributed by atoms with Crippen LogP contribution in [0.2, 0.25) is 0 Å². The molecule has 4 nitrogen and oxygen atoms in total. The van der Waals surface area contributed by atoms with Crippen molar-refractivity contribution in [2.24, 2.45) is 0 Å². The van der Waals surface area contributed by atoms with Gasteiger partial charge < -0.3 is 11.1 Å². The van der Waals surface area contributed by atoms with E-state index in [-0.39, 0.29) is 6.04 Å². The Labute approximate surface area is 115 Å². The van der Waals surface area contributed by atoms with Crippen LogP contribution in [0.4, 0.5) is 11.4 Å². The Kier molecular flexibility index (Phi) is 3.05. The molecule has 3 aromatic rings. The Balaban J connectivity index is 1.91. The molecule has 1 atom stereocenters. The third kappa shape index (κ3) is 2.24. The van der Waals surface area contributed by atoms with Gasteiger partial charge in [0.2, 0.25) is 0 Å². The predicted octanol–water partition coefficient (Wildman–Crippen LogP) is 3.45. The minimum absolute atomic E-state index is 0.0968. The van der Waals surface area contributed by atoms with E-state index < -0.39 is 0 Å². The second-order valence-corrected chi connectivity index (χ2v) is 5.23. The van der Waals surface area contributed by atoms with Crippen LogP contribution in [0, 0.1) is 0 Å². The third-order valence-corrected chi connectivity index (χ3v) is 3.84. The van der Waals surface area contributed by atoms with Crippen molar-refractivity contribution < 1.29 is 0 Å². The highest BCUT2D eigenvalue weighted by Gasteiger charge is 2.11. The fourth-order valence-electron chi connectivity index (χ4n) is 2.02. The van der Waals surface area contributed by atoms with Crippen molar-refractivity contribution in [3.63, 3.8) is 0 Å². The fraction of sp³-hybridized carbons (Fsp3) is 0.143. The van der Waals surface area contributed by atoms with E-state index in [1.54, 1.807) is 17.5 Å². The number of nitrogens with two attached hydrogens (primary N) is 1. The lowest BCUT2D eigenvalue weighted by molar-refractivity contribution is 0.840. The van der Waals surface area contributed by atoms with Crippen molar-refractivity contribution in [1.82, 2.24) is 9.97 Å². The van der Waals surface area contributed by atoms with Crippen molar-refractivity contribution in [3.05, 3.63) is 47.7 Å². The Morgan fingerprint density at radius 3 is 2.89 bits per heavy atom. The van der Waals surface area contributed by atoms with Crippen LogP contribution in [0.5, 0.6) is 0 Å². The molecule has 3 N–H and O–H groups in total. The van der Waals surface area contributed by atoms with Crippen molar-refractivity contribution in [2.45, 2.75) is 13.0 Å². The molecule has 2 aromatic heterocycles. The fourth-order valence-corrected chi connectivity index (χ4v) is 2.71. The smallest absolute Gasteiger partial charge is 0.106 e. The summed E-state index contributed by atoms with van der Waals surface area (Å²) in [5.41, 5.74) is 11.4. The van der Waals surface area contributed by atoms with Gasteiger partial charge in [0.15, 0.2) is 0 Å². The van der Waals surface area contributed by atoms with Gasteiger partial charge in [0.05, 0.1) is 33.3 Å². The first-order valence-electron chi connectivity index (χ1n) is 6.05. The number of thiazole rings is 1. The molecule has 0 spiro atoms. The highest BCUT2D eigenvalue weighted by atomic mass is 32.1. The first kappa shape index (κ1) is 11.9. The lowest BCUT2D eigenvalue weighted by atomic mass is 10.2. The Hall–Kier alpha value is -2.14. The maximum absolute atomic E-state index is 6.15. The number of anilines is 2. The molecule has 1 aromatic carbocycles. The first-order valence-corrected chi connectivity index (χ1v) is 6.93. The molecule has 0 bridgehead atoms. The summed E-state index contributed by atoms with van der Waals surface area (Å²) in [5.74, 6) is 0. The zero-order valence-electron chi connectivity index (χ0n) is 10.5. The molecule has 96 valence electrons. The summed E-state index contributed by atoms with van der Waals surface area (Å²) in [4.78, 5) is 8.64. The molecule has 1 unspecified atom stereocenters. The average molecular weight is 270 g/mol. The minimum atomic E-state index is 0.0968. The van der Waals surface area contributed by atoms with Gasteiger partial charge in [0.25, 0.3) is 0 Å². The molecule has 0 fully saturated rings. The molecular formula is C14H14N4S. The number of nitrogens with one attached hydrogen (secondary N) is 1. The van der Waals surface area contributed by atoms with Crippen LogP contribution >= 0.6 is 11.3 Å². The molecule has 3 rings (SSSR count). The molecule has 0 saturated carbocycles. The number of fused-ring (bicyclic) bond motifs is 1. The molecule has 0 aliphatic carbocycles. The van der Waals surface area contributed by atoms with Gasteiger partial charge in [-0.05, 0) is 31.2 Å². The van der Waals surface area contributed by atoms with E-state index in [4.69, 9.17) is 5.73 Å². The number of pyridine rings is 1. The summed E-state index contributed by atoms with van der Waals surface area (Å²) in [6.45, 7) is 2.06. The number of nitrogen functional groups attached to an aromatic ring is 1. The van der Waals surface area contributed by atoms with E-state index in [9.17, 15) is 0 Å². The van der Waals surface area contributed by atoms with Gasteiger partial charge in [0, 0.05) is 6.20 Å². The van der Waals surface area contributed by atoms with Gasteiger partial charge in [-0.2, -0.15) is 0 Å². The number of hydrogen-bond donors (Lipinski definition) is 2. The lowest BCUT2D eigenvalue weighted by Crippen LogP contribution is -2.09. The Morgan fingerprint density at radius 1 is 1.21 bits per heavy atom. The van der Waals surface area contributed by atoms with Crippen LogP contribution in [0.15, 0.2) is 42.0 Å². The van der Waals surface area contributed by atoms with Crippen LogP contribution < -0.4 is 11.1 Å². The topological polar surface area (TPSA) is 63.8 Å². The summed E-state index contributed by atoms with van der Waals surface area (Å²) in [6, 6.07) is 10.0. The van der Waals surface area contributed by atoms with Crippen molar-refractivity contribution in [1.29, 1.82) is 0 Å². The molecule has 0 radical (unpaired) electrons. The maximum Gasteiger partial charge on any atom is 0.106 e. The van der Waals surface area contributed by atoms with Crippen molar-refractivity contribution >= 4 is 32.9 Å². The molecule has 0 saturated heterocycles. The zero-order chi connectivity index (χ0) is 13.2. The third-order valence-electron chi connectivity index (χ3n) is 3.04. The van der Waals surface area contributed by atoms with Crippen molar-refractivity contribution in [3.8, 4) is 0 Å². The number of aromatic nitrogens is 2. The highest BCUT2D eigenvalue weighted by Crippen LogP contribution is 2.31. The molecule has 5 heteroatoms. The van der Waals surface area contributed by atoms with Gasteiger partial charge >= 0.3 is 0 Å². The van der Waals surface area contributed by atoms with Gasteiger partial charge in [-0.15, -0.1) is 11.3 Å². The molecule has 2 heterocycles. The number of hydrogen-bond acceptors (Lipinski definition) is 5. The van der Waals surface area contributed by atoms with Crippen LogP contribution in [0.1, 0.15) is 18.7 Å². The van der Waals surface area contributed by atoms with E-state index in [0.29, 0.717) is 5.69 Å². The monoisotopic (exact) mass is 270 g/mol. The molecule has 0 aliphatic rings. The van der Waals surface area contributed by atoms with Gasteiger partial charge in [-0.1, -0.05) is 6.07 Å². The second kappa shape index (κ2) is 4.85. The SMILES string of the molecule is CC(Nc1ccc2scnc2c1N)c1ccccn1. The molecule has 0 aliphatic heterocycles. The van der Waals surface area contributed by atoms with Gasteiger partial charge in [0.1, 0.15) is 5.52 Å². The number of benzene rings is 1. The normalized spacial score (nSPS) is 12.5. The van der Waals surface area contributed by atoms with Crippen molar-refractivity contribution in [2.75, 3.05) is 11.1 Å². The van der Waals surface area contributed by atoms with E-state index in [1.165, 1.54) is 0 Å². The van der Waals surface area contributed by atoms with E-state index in [0.717, 1.165) is 21.6 Å². The summed E-state index contributed by atoms with van der Waals surface area (Å²) >= 11 is 1.59. The standard InChI is InChI=1S/C14H14N4S/c1-9(10-4-2-3-7-16-10)18-11-5-6-12-14(13(11)15)17-8-19-12/h2-9,18H,15H2,1H3. The number of rotatable bonds is 3. The quantitative estimate of drug-likeness (QED) is 0.715. The molecule has 19 heavy (non-hydrogen) atoms. The minimum Gasteiger partial charge on any atom is -0.395 e. The maximum atomic E-state index is 6.15. The zero-order valence-corrected chi connectivity index (χ0v) is 11.3. The summed E-state index contributed by atoms with van der Waals surface area (Å²) in [6.07, 6.45) is 1.79. The van der Waals surface area contributed by atoms with Gasteiger partial charge in [-0.25, -0.2) is 4.98 Å². The van der Waals surface area contributed by atoms with E-state index >= 15 is 0 Å². The Bertz CT molecular complexity index is 693. The second-order valence-electron chi connectivity index (χ2n) is 4.35. The van der Waals surface area contributed by atoms with Crippen LogP contribution in [0.3, 0.4) is 0 Å². The average Bonchev–Trinajstić information content (AvgIpc) is 2.92. The summed E-state index contributed by atoms with van der Waals surface area (Å²) in [7, 11) is 0. The first-order chi connectivity index (χ1) is 9.25. The van der Waals surface area contributed by atoms with Crippen LogP contribution in [0.25, 0.3) is 10.2 Å². The van der Waals surface area contributed by atoms with Gasteiger partial charge in [-0.3, -0.25) is 4.98 Å². The van der Waals surface area contributed by atoms with Crippen LogP contribution in [-0.4, -0.2) is 9.97 Å². The lowest BCUT2D eigenvalue weighted by Gasteiger charge is -2.16. The summed E-state index contributed by atoms with van der Waals surface area (Å²) < 4.78 is 1.11. The molecule has 0 amide bonds. The van der Waals surface area contributed by atoms with E-state index in [1.807, 2.05) is 35.8 Å².